The fraction of sp³-hybridized carbons (Fsp3) is 0.400. The molecule has 1 N–H and O–H groups in total. The Labute approximate surface area is 118 Å². The first kappa shape index (κ1) is 13.9. The molecule has 1 aromatic heterocycles. The maximum Gasteiger partial charge on any atom is 0.119 e. The average molecular weight is 276 g/mol. The lowest BCUT2D eigenvalue weighted by molar-refractivity contribution is 0.317. The number of thiazole rings is 1. The highest BCUT2D eigenvalue weighted by molar-refractivity contribution is 7.09. The quantitative estimate of drug-likeness (QED) is 0.848. The molecule has 0 aliphatic rings. The van der Waals surface area contributed by atoms with Crippen LogP contribution in [-0.2, 0) is 0 Å². The Morgan fingerprint density at radius 3 is 2.63 bits per heavy atom. The maximum absolute atomic E-state index is 5.56. The summed E-state index contributed by atoms with van der Waals surface area (Å²) in [5.41, 5.74) is 2.18. The molecule has 1 atom stereocenters. The molecular weight excluding hydrogens is 256 g/mol. The van der Waals surface area contributed by atoms with Gasteiger partial charge in [-0.05, 0) is 44.5 Å². The van der Waals surface area contributed by atoms with Crippen molar-refractivity contribution in [1.29, 1.82) is 0 Å². The molecule has 0 radical (unpaired) electrons. The van der Waals surface area contributed by atoms with Gasteiger partial charge in [0.2, 0.25) is 0 Å². The van der Waals surface area contributed by atoms with Gasteiger partial charge in [0.25, 0.3) is 0 Å². The van der Waals surface area contributed by atoms with Gasteiger partial charge in [-0.3, -0.25) is 0 Å². The standard InChI is InChI=1S/C15H20N2OS/c1-4-9-18-14-7-5-13(6-8-14)16-11(2)15-10-19-12(3)17-15/h5-8,10-11,16H,4,9H2,1-3H3. The minimum atomic E-state index is 0.215. The Hall–Kier alpha value is -1.55. The van der Waals surface area contributed by atoms with Gasteiger partial charge in [0.05, 0.1) is 23.4 Å². The predicted molar refractivity (Wildman–Crippen MR) is 81.1 cm³/mol. The van der Waals surface area contributed by atoms with Crippen molar-refractivity contribution in [2.75, 3.05) is 11.9 Å². The zero-order valence-corrected chi connectivity index (χ0v) is 12.5. The Morgan fingerprint density at radius 1 is 1.32 bits per heavy atom. The van der Waals surface area contributed by atoms with Gasteiger partial charge in [-0.2, -0.15) is 0 Å². The van der Waals surface area contributed by atoms with E-state index >= 15 is 0 Å². The molecule has 1 aromatic carbocycles. The predicted octanol–water partition coefficient (Wildman–Crippen LogP) is 4.41. The molecule has 0 spiro atoms. The van der Waals surface area contributed by atoms with E-state index in [0.29, 0.717) is 0 Å². The van der Waals surface area contributed by atoms with Crippen molar-refractivity contribution in [2.24, 2.45) is 0 Å². The van der Waals surface area contributed by atoms with Gasteiger partial charge in [0, 0.05) is 11.1 Å². The number of ether oxygens (including phenoxy) is 1. The van der Waals surface area contributed by atoms with Gasteiger partial charge in [-0.25, -0.2) is 4.98 Å². The monoisotopic (exact) mass is 276 g/mol. The van der Waals surface area contributed by atoms with Crippen molar-refractivity contribution in [1.82, 2.24) is 4.98 Å². The molecule has 2 aromatic rings. The van der Waals surface area contributed by atoms with Crippen LogP contribution in [-0.4, -0.2) is 11.6 Å². The molecule has 0 saturated carbocycles. The second-order valence-electron chi connectivity index (χ2n) is 4.53. The van der Waals surface area contributed by atoms with E-state index in [1.54, 1.807) is 11.3 Å². The highest BCUT2D eigenvalue weighted by Crippen LogP contribution is 2.22. The zero-order valence-electron chi connectivity index (χ0n) is 11.6. The molecular formula is C15H20N2OS. The molecule has 0 aliphatic heterocycles. The van der Waals surface area contributed by atoms with Gasteiger partial charge in [0.1, 0.15) is 5.75 Å². The summed E-state index contributed by atoms with van der Waals surface area (Å²) >= 11 is 1.68. The summed E-state index contributed by atoms with van der Waals surface area (Å²) in [4.78, 5) is 4.50. The van der Waals surface area contributed by atoms with Crippen LogP contribution in [0.15, 0.2) is 29.6 Å². The van der Waals surface area contributed by atoms with Gasteiger partial charge >= 0.3 is 0 Å². The third kappa shape index (κ3) is 3.96. The minimum Gasteiger partial charge on any atom is -0.494 e. The van der Waals surface area contributed by atoms with E-state index in [2.05, 4.69) is 29.5 Å². The van der Waals surface area contributed by atoms with Crippen LogP contribution in [0.4, 0.5) is 5.69 Å². The zero-order chi connectivity index (χ0) is 13.7. The third-order valence-electron chi connectivity index (χ3n) is 2.79. The smallest absolute Gasteiger partial charge is 0.119 e. The number of rotatable bonds is 6. The first-order chi connectivity index (χ1) is 9.19. The van der Waals surface area contributed by atoms with Gasteiger partial charge in [0.15, 0.2) is 0 Å². The normalized spacial score (nSPS) is 12.2. The van der Waals surface area contributed by atoms with E-state index in [1.807, 2.05) is 31.2 Å². The Bertz CT molecular complexity index is 507. The number of anilines is 1. The summed E-state index contributed by atoms with van der Waals surface area (Å²) < 4.78 is 5.56. The van der Waals surface area contributed by atoms with E-state index < -0.39 is 0 Å². The van der Waals surface area contributed by atoms with Crippen molar-refractivity contribution < 1.29 is 4.74 Å². The molecule has 102 valence electrons. The van der Waals surface area contributed by atoms with Gasteiger partial charge in [-0.15, -0.1) is 11.3 Å². The van der Waals surface area contributed by atoms with E-state index in [-0.39, 0.29) is 6.04 Å². The molecule has 1 unspecified atom stereocenters. The van der Waals surface area contributed by atoms with Crippen molar-refractivity contribution in [2.45, 2.75) is 33.2 Å². The molecule has 0 fully saturated rings. The van der Waals surface area contributed by atoms with Crippen molar-refractivity contribution in [3.05, 3.63) is 40.3 Å². The Kier molecular flexibility index (Phi) is 4.80. The molecule has 3 nitrogen and oxygen atoms in total. The number of nitrogens with zero attached hydrogens (tertiary/aromatic N) is 1. The van der Waals surface area contributed by atoms with Crippen LogP contribution in [0.1, 0.15) is 37.0 Å². The van der Waals surface area contributed by atoms with Crippen molar-refractivity contribution >= 4 is 17.0 Å². The van der Waals surface area contributed by atoms with Crippen LogP contribution < -0.4 is 10.1 Å². The van der Waals surface area contributed by atoms with Crippen LogP contribution in [0.2, 0.25) is 0 Å². The van der Waals surface area contributed by atoms with Crippen LogP contribution >= 0.6 is 11.3 Å². The lowest BCUT2D eigenvalue weighted by Gasteiger charge is -2.13. The minimum absolute atomic E-state index is 0.215. The Balaban J connectivity index is 1.95. The number of aryl methyl sites for hydroxylation is 1. The molecule has 1 heterocycles. The second kappa shape index (κ2) is 6.57. The summed E-state index contributed by atoms with van der Waals surface area (Å²) in [7, 11) is 0. The largest absolute Gasteiger partial charge is 0.494 e. The third-order valence-corrected chi connectivity index (χ3v) is 3.58. The fourth-order valence-electron chi connectivity index (χ4n) is 1.77. The van der Waals surface area contributed by atoms with E-state index in [1.165, 1.54) is 0 Å². The van der Waals surface area contributed by atoms with Crippen molar-refractivity contribution in [3.63, 3.8) is 0 Å². The molecule has 19 heavy (non-hydrogen) atoms. The highest BCUT2D eigenvalue weighted by atomic mass is 32.1. The molecule has 0 aliphatic carbocycles. The van der Waals surface area contributed by atoms with E-state index in [9.17, 15) is 0 Å². The van der Waals surface area contributed by atoms with Crippen LogP contribution in [0, 0.1) is 6.92 Å². The summed E-state index contributed by atoms with van der Waals surface area (Å²) in [6.45, 7) is 7.02. The number of benzene rings is 1. The number of hydrogen-bond acceptors (Lipinski definition) is 4. The van der Waals surface area contributed by atoms with Crippen molar-refractivity contribution in [3.8, 4) is 5.75 Å². The summed E-state index contributed by atoms with van der Waals surface area (Å²) in [5.74, 6) is 0.921. The molecule has 2 rings (SSSR count). The van der Waals surface area contributed by atoms with Crippen LogP contribution in [0.3, 0.4) is 0 Å². The number of aromatic nitrogens is 1. The summed E-state index contributed by atoms with van der Waals surface area (Å²) in [5, 5.41) is 6.65. The first-order valence-corrected chi connectivity index (χ1v) is 7.48. The molecule has 0 saturated heterocycles. The van der Waals surface area contributed by atoms with Crippen LogP contribution in [0.25, 0.3) is 0 Å². The first-order valence-electron chi connectivity index (χ1n) is 6.60. The SMILES string of the molecule is CCCOc1ccc(NC(C)c2csc(C)n2)cc1. The highest BCUT2D eigenvalue weighted by Gasteiger charge is 2.08. The Morgan fingerprint density at radius 2 is 2.05 bits per heavy atom. The summed E-state index contributed by atoms with van der Waals surface area (Å²) in [6.07, 6.45) is 1.03. The molecule has 0 bridgehead atoms. The van der Waals surface area contributed by atoms with Gasteiger partial charge in [-0.1, -0.05) is 6.92 Å². The van der Waals surface area contributed by atoms with Crippen LogP contribution in [0.5, 0.6) is 5.75 Å². The number of hydrogen-bond donors (Lipinski definition) is 1. The topological polar surface area (TPSA) is 34.1 Å². The number of nitrogens with one attached hydrogen (secondary N) is 1. The second-order valence-corrected chi connectivity index (χ2v) is 5.59. The van der Waals surface area contributed by atoms with E-state index in [4.69, 9.17) is 4.74 Å². The molecule has 4 heteroatoms. The lowest BCUT2D eigenvalue weighted by atomic mass is 10.2. The van der Waals surface area contributed by atoms with Gasteiger partial charge < -0.3 is 10.1 Å². The molecule has 0 amide bonds. The maximum atomic E-state index is 5.56. The fourth-order valence-corrected chi connectivity index (χ4v) is 2.48. The van der Waals surface area contributed by atoms with E-state index in [0.717, 1.165) is 35.2 Å². The summed E-state index contributed by atoms with van der Waals surface area (Å²) in [6, 6.07) is 8.29. The lowest BCUT2D eigenvalue weighted by Crippen LogP contribution is -2.07. The average Bonchev–Trinajstić information content (AvgIpc) is 2.85.